The molecular formula is C34H49NO4. The van der Waals surface area contributed by atoms with Gasteiger partial charge in [0, 0.05) is 18.4 Å². The number of nitro groups is 1. The quantitative estimate of drug-likeness (QED) is 0.189. The van der Waals surface area contributed by atoms with Gasteiger partial charge in [0.1, 0.15) is 6.10 Å². The molecule has 0 unspecified atom stereocenters. The fraction of sp³-hybridized carbons (Fsp3) is 0.735. The highest BCUT2D eigenvalue weighted by molar-refractivity contribution is 5.89. The van der Waals surface area contributed by atoms with E-state index < -0.39 is 0 Å². The van der Waals surface area contributed by atoms with Crippen molar-refractivity contribution in [2.24, 2.45) is 46.3 Å². The van der Waals surface area contributed by atoms with E-state index in [1.807, 2.05) is 18.2 Å². The second-order valence-electron chi connectivity index (χ2n) is 14.3. The Balaban J connectivity index is 1.35. The summed E-state index contributed by atoms with van der Waals surface area (Å²) in [6.45, 7) is 12.0. The molecule has 5 rings (SSSR count). The first-order valence-corrected chi connectivity index (χ1v) is 15.7. The molecule has 214 valence electrons. The molecule has 0 bridgehead atoms. The van der Waals surface area contributed by atoms with Crippen LogP contribution in [0.1, 0.15) is 116 Å². The van der Waals surface area contributed by atoms with Crippen LogP contribution in [0.3, 0.4) is 0 Å². The maximum absolute atomic E-state index is 12.8. The van der Waals surface area contributed by atoms with E-state index in [9.17, 15) is 14.9 Å². The Morgan fingerprint density at radius 1 is 1.00 bits per heavy atom. The first-order chi connectivity index (χ1) is 18.5. The third kappa shape index (κ3) is 5.20. The number of hydrogen-bond donors (Lipinski definition) is 0. The maximum atomic E-state index is 12.8. The number of nitrogens with zero attached hydrogens (tertiary/aromatic N) is 1. The largest absolute Gasteiger partial charge is 0.458 e. The third-order valence-electron chi connectivity index (χ3n) is 11.8. The summed E-state index contributed by atoms with van der Waals surface area (Å²) in [6.07, 6.45) is 11.3. The lowest BCUT2D eigenvalue weighted by atomic mass is 9.46. The molecule has 5 nitrogen and oxygen atoms in total. The van der Waals surface area contributed by atoms with Crippen molar-refractivity contribution < 1.29 is 14.5 Å². The van der Waals surface area contributed by atoms with Gasteiger partial charge in [0.2, 0.25) is 5.70 Å². The Kier molecular flexibility index (Phi) is 8.01. The average molecular weight is 536 g/mol. The van der Waals surface area contributed by atoms with Crippen LogP contribution in [0.2, 0.25) is 0 Å². The zero-order chi connectivity index (χ0) is 27.9. The van der Waals surface area contributed by atoms with Crippen molar-refractivity contribution in [2.75, 3.05) is 0 Å². The van der Waals surface area contributed by atoms with Gasteiger partial charge in [-0.15, -0.1) is 0 Å². The minimum absolute atomic E-state index is 0.0852. The fourth-order valence-corrected chi connectivity index (χ4v) is 9.84. The minimum atomic E-state index is -0.325. The number of allylic oxidation sites excluding steroid dienone is 1. The number of ether oxygens (including phenoxy) is 1. The van der Waals surface area contributed by atoms with Gasteiger partial charge in [-0.2, -0.15) is 0 Å². The van der Waals surface area contributed by atoms with Crippen molar-refractivity contribution in [2.45, 2.75) is 111 Å². The molecule has 0 aliphatic heterocycles. The number of hydrogen-bond acceptors (Lipinski definition) is 4. The smallest absolute Gasteiger partial charge is 0.338 e. The lowest BCUT2D eigenvalue weighted by Gasteiger charge is -2.58. The minimum Gasteiger partial charge on any atom is -0.458 e. The van der Waals surface area contributed by atoms with Gasteiger partial charge in [-0.3, -0.25) is 10.1 Å². The third-order valence-corrected chi connectivity index (χ3v) is 11.8. The first-order valence-electron chi connectivity index (χ1n) is 15.7. The molecule has 0 N–H and O–H groups in total. The summed E-state index contributed by atoms with van der Waals surface area (Å²) in [5.41, 5.74) is 2.10. The molecule has 1 aromatic rings. The van der Waals surface area contributed by atoms with E-state index in [1.54, 1.807) is 12.1 Å². The van der Waals surface area contributed by atoms with Crippen LogP contribution in [0.25, 0.3) is 0 Å². The van der Waals surface area contributed by atoms with E-state index in [1.165, 1.54) is 44.9 Å². The summed E-state index contributed by atoms with van der Waals surface area (Å²) in [4.78, 5) is 25.2. The van der Waals surface area contributed by atoms with Crippen molar-refractivity contribution in [3.63, 3.8) is 0 Å². The molecule has 0 saturated heterocycles. The number of rotatable bonds is 8. The first kappa shape index (κ1) is 28.4. The van der Waals surface area contributed by atoms with Gasteiger partial charge < -0.3 is 4.74 Å². The molecule has 4 aliphatic carbocycles. The van der Waals surface area contributed by atoms with Crippen LogP contribution in [0, 0.1) is 56.5 Å². The van der Waals surface area contributed by atoms with Crippen LogP contribution < -0.4 is 0 Å². The van der Waals surface area contributed by atoms with E-state index in [0.29, 0.717) is 47.3 Å². The van der Waals surface area contributed by atoms with E-state index in [2.05, 4.69) is 34.6 Å². The Morgan fingerprint density at radius 2 is 1.74 bits per heavy atom. The Labute approximate surface area is 235 Å². The van der Waals surface area contributed by atoms with Crippen LogP contribution in [0.5, 0.6) is 0 Å². The van der Waals surface area contributed by atoms with E-state index >= 15 is 0 Å². The number of fused-ring (bicyclic) bond motifs is 5. The standard InChI is InChI=1S/C34H49NO4/c1-22(2)10-9-11-23(3)27-14-15-28-26-21-31(35(37)38)30-20-25(39-32(36)24-12-7-6-8-13-24)16-18-34(30,5)29(26)17-19-33(27,28)4/h6-8,12-13,22-23,25-29H,9-11,14-21H2,1-5H3/t23-,25+,26+,27-,28+,29+,33-,34-/m1/s1. The summed E-state index contributed by atoms with van der Waals surface area (Å²) >= 11 is 0. The second kappa shape index (κ2) is 11.0. The second-order valence-corrected chi connectivity index (χ2v) is 14.3. The maximum Gasteiger partial charge on any atom is 0.338 e. The van der Waals surface area contributed by atoms with Gasteiger partial charge in [0.15, 0.2) is 0 Å². The van der Waals surface area contributed by atoms with E-state index in [-0.39, 0.29) is 22.4 Å². The molecule has 3 fully saturated rings. The highest BCUT2D eigenvalue weighted by Crippen LogP contribution is 2.68. The molecule has 0 aromatic heterocycles. The topological polar surface area (TPSA) is 69.4 Å². The number of carbonyl (C=O) groups is 1. The Bertz CT molecular complexity index is 1100. The van der Waals surface area contributed by atoms with Gasteiger partial charge in [-0.25, -0.2) is 4.79 Å². The Hall–Kier alpha value is -2.17. The molecule has 0 amide bonds. The van der Waals surface area contributed by atoms with Crippen molar-refractivity contribution in [3.8, 4) is 0 Å². The molecule has 0 spiro atoms. The fourth-order valence-electron chi connectivity index (χ4n) is 9.84. The number of esters is 1. The summed E-state index contributed by atoms with van der Waals surface area (Å²) in [6, 6.07) is 9.08. The summed E-state index contributed by atoms with van der Waals surface area (Å²) < 4.78 is 5.91. The van der Waals surface area contributed by atoms with Crippen molar-refractivity contribution in [3.05, 3.63) is 57.3 Å². The van der Waals surface area contributed by atoms with Gasteiger partial charge in [0.05, 0.1) is 10.5 Å². The van der Waals surface area contributed by atoms with Gasteiger partial charge in [-0.05, 0) is 97.0 Å². The number of benzene rings is 1. The summed E-state index contributed by atoms with van der Waals surface area (Å²) in [5.74, 6) is 3.38. The lowest BCUT2D eigenvalue weighted by molar-refractivity contribution is -0.434. The predicted octanol–water partition coefficient (Wildman–Crippen LogP) is 8.86. The highest BCUT2D eigenvalue weighted by Gasteiger charge is 2.62. The van der Waals surface area contributed by atoms with E-state index in [4.69, 9.17) is 4.74 Å². The van der Waals surface area contributed by atoms with Crippen molar-refractivity contribution in [1.29, 1.82) is 0 Å². The lowest BCUT2D eigenvalue weighted by Crippen LogP contribution is -2.52. The normalized spacial score (nSPS) is 36.6. The molecule has 39 heavy (non-hydrogen) atoms. The average Bonchev–Trinajstić information content (AvgIpc) is 3.26. The SMILES string of the molecule is CC(C)CCC[C@@H](C)[C@H]1CC[C@H]2[C@@H]3CC([N+](=O)[O-])=C4C[C@@H](OC(=O)c5ccccc5)CC[C@]4(C)[C@H]3CC[C@]12C. The van der Waals surface area contributed by atoms with E-state index in [0.717, 1.165) is 36.2 Å². The van der Waals surface area contributed by atoms with Gasteiger partial charge in [0.25, 0.3) is 0 Å². The molecule has 0 radical (unpaired) electrons. The number of carbonyl (C=O) groups excluding carboxylic acids is 1. The van der Waals surface area contributed by atoms with Crippen LogP contribution in [-0.4, -0.2) is 17.0 Å². The molecule has 5 heteroatoms. The summed E-state index contributed by atoms with van der Waals surface area (Å²) in [5, 5.41) is 12.5. The molecule has 3 saturated carbocycles. The summed E-state index contributed by atoms with van der Waals surface area (Å²) in [7, 11) is 0. The van der Waals surface area contributed by atoms with Crippen LogP contribution in [0.4, 0.5) is 0 Å². The van der Waals surface area contributed by atoms with Gasteiger partial charge >= 0.3 is 5.97 Å². The Morgan fingerprint density at radius 3 is 2.44 bits per heavy atom. The zero-order valence-electron chi connectivity index (χ0n) is 24.8. The predicted molar refractivity (Wildman–Crippen MR) is 155 cm³/mol. The van der Waals surface area contributed by atoms with Crippen LogP contribution in [0.15, 0.2) is 41.6 Å². The monoisotopic (exact) mass is 535 g/mol. The van der Waals surface area contributed by atoms with Crippen LogP contribution in [-0.2, 0) is 4.74 Å². The molecule has 0 heterocycles. The highest BCUT2D eigenvalue weighted by atomic mass is 16.6. The molecular weight excluding hydrogens is 486 g/mol. The molecule has 1 aromatic carbocycles. The molecule has 4 aliphatic rings. The molecule has 8 atom stereocenters. The van der Waals surface area contributed by atoms with Crippen molar-refractivity contribution >= 4 is 5.97 Å². The van der Waals surface area contributed by atoms with Gasteiger partial charge in [-0.1, -0.05) is 72.1 Å². The zero-order valence-corrected chi connectivity index (χ0v) is 24.8. The van der Waals surface area contributed by atoms with Crippen molar-refractivity contribution in [1.82, 2.24) is 0 Å². The van der Waals surface area contributed by atoms with Crippen LogP contribution >= 0.6 is 0 Å².